The monoisotopic (exact) mass is 207 g/mol. The number of rotatable bonds is 2. The predicted molar refractivity (Wildman–Crippen MR) is 55.0 cm³/mol. The molecule has 0 atom stereocenters. The molecule has 1 heterocycles. The topological polar surface area (TPSA) is 70.2 Å². The summed E-state index contributed by atoms with van der Waals surface area (Å²) in [5.41, 5.74) is 2.47. The molecule has 2 N–H and O–H groups in total. The molecule has 4 heteroatoms. The molecule has 0 aromatic carbocycles. The van der Waals surface area contributed by atoms with Gasteiger partial charge in [-0.05, 0) is 36.8 Å². The fourth-order valence-electron chi connectivity index (χ4n) is 2.15. The Hall–Kier alpha value is -1.58. The summed E-state index contributed by atoms with van der Waals surface area (Å²) < 4.78 is 0. The molecule has 1 aliphatic carbocycles. The normalized spacial score (nSPS) is 14.7. The Morgan fingerprint density at radius 2 is 2.13 bits per heavy atom. The molecular formula is C11H13NO3. The van der Waals surface area contributed by atoms with Crippen LogP contribution >= 0.6 is 0 Å². The molecule has 1 aliphatic rings. The fraction of sp³-hybridized carbons (Fsp3) is 0.455. The molecule has 1 aromatic heterocycles. The van der Waals surface area contributed by atoms with Crippen molar-refractivity contribution >= 4 is 5.97 Å². The van der Waals surface area contributed by atoms with E-state index < -0.39 is 5.97 Å². The molecule has 4 nitrogen and oxygen atoms in total. The summed E-state index contributed by atoms with van der Waals surface area (Å²) in [4.78, 5) is 24.7. The Bertz CT molecular complexity index is 448. The summed E-state index contributed by atoms with van der Waals surface area (Å²) in [5.74, 6) is -0.881. The number of aromatic amines is 1. The van der Waals surface area contributed by atoms with Crippen LogP contribution in [0.25, 0.3) is 0 Å². The third-order valence-corrected chi connectivity index (χ3v) is 2.78. The third kappa shape index (κ3) is 2.09. The first-order valence-electron chi connectivity index (χ1n) is 5.12. The molecule has 0 saturated heterocycles. The van der Waals surface area contributed by atoms with Crippen LogP contribution in [0.2, 0.25) is 0 Å². The highest BCUT2D eigenvalue weighted by atomic mass is 16.4. The largest absolute Gasteiger partial charge is 0.481 e. The Labute approximate surface area is 87.0 Å². The van der Waals surface area contributed by atoms with Crippen molar-refractivity contribution in [2.24, 2.45) is 0 Å². The van der Waals surface area contributed by atoms with Crippen LogP contribution in [0.3, 0.4) is 0 Å². The maximum atomic E-state index is 11.3. The summed E-state index contributed by atoms with van der Waals surface area (Å²) in [7, 11) is 0. The third-order valence-electron chi connectivity index (χ3n) is 2.78. The molecule has 2 rings (SSSR count). The van der Waals surface area contributed by atoms with Crippen LogP contribution in [0.5, 0.6) is 0 Å². The number of aromatic nitrogens is 1. The zero-order valence-electron chi connectivity index (χ0n) is 8.38. The van der Waals surface area contributed by atoms with Gasteiger partial charge in [0.05, 0.1) is 6.42 Å². The second kappa shape index (κ2) is 3.88. The molecule has 0 radical (unpaired) electrons. The maximum absolute atomic E-state index is 11.3. The molecule has 0 bridgehead atoms. The van der Waals surface area contributed by atoms with Crippen molar-refractivity contribution in [3.8, 4) is 0 Å². The van der Waals surface area contributed by atoms with Gasteiger partial charge in [0, 0.05) is 11.8 Å². The van der Waals surface area contributed by atoms with Gasteiger partial charge in [-0.15, -0.1) is 0 Å². The van der Waals surface area contributed by atoms with Crippen LogP contribution in [-0.4, -0.2) is 16.1 Å². The van der Waals surface area contributed by atoms with E-state index in [1.54, 1.807) is 0 Å². The number of H-pyrrole nitrogens is 1. The zero-order valence-corrected chi connectivity index (χ0v) is 8.38. The molecule has 0 aliphatic heterocycles. The van der Waals surface area contributed by atoms with Crippen molar-refractivity contribution < 1.29 is 9.90 Å². The first kappa shape index (κ1) is 9.96. The van der Waals surface area contributed by atoms with E-state index in [-0.39, 0.29) is 12.0 Å². The first-order valence-corrected chi connectivity index (χ1v) is 5.12. The van der Waals surface area contributed by atoms with Crippen molar-refractivity contribution in [1.29, 1.82) is 0 Å². The molecule has 0 amide bonds. The summed E-state index contributed by atoms with van der Waals surface area (Å²) in [6.07, 6.45) is 3.84. The van der Waals surface area contributed by atoms with E-state index in [1.165, 1.54) is 6.07 Å². The highest BCUT2D eigenvalue weighted by Crippen LogP contribution is 2.21. The van der Waals surface area contributed by atoms with Gasteiger partial charge in [-0.25, -0.2) is 0 Å². The van der Waals surface area contributed by atoms with E-state index in [4.69, 9.17) is 5.11 Å². The lowest BCUT2D eigenvalue weighted by Crippen LogP contribution is -2.18. The van der Waals surface area contributed by atoms with Crippen LogP contribution < -0.4 is 5.56 Å². The number of carboxylic acids is 1. The number of hydrogen-bond acceptors (Lipinski definition) is 2. The van der Waals surface area contributed by atoms with E-state index in [1.807, 2.05) is 0 Å². The number of aliphatic carboxylic acids is 1. The minimum atomic E-state index is -0.881. The van der Waals surface area contributed by atoms with Gasteiger partial charge in [0.1, 0.15) is 0 Å². The van der Waals surface area contributed by atoms with Gasteiger partial charge in [0.15, 0.2) is 0 Å². The number of carbonyl (C=O) groups is 1. The zero-order chi connectivity index (χ0) is 10.8. The second-order valence-electron chi connectivity index (χ2n) is 3.89. The van der Waals surface area contributed by atoms with Crippen molar-refractivity contribution in [2.75, 3.05) is 0 Å². The Balaban J connectivity index is 2.47. The predicted octanol–water partition coefficient (Wildman–Crippen LogP) is 0.881. The van der Waals surface area contributed by atoms with E-state index in [9.17, 15) is 9.59 Å². The van der Waals surface area contributed by atoms with Crippen molar-refractivity contribution in [2.45, 2.75) is 32.1 Å². The number of carboxylic acid groups (broad SMARTS) is 1. The second-order valence-corrected chi connectivity index (χ2v) is 3.89. The number of fused-ring (bicyclic) bond motifs is 1. The lowest BCUT2D eigenvalue weighted by atomic mass is 9.91. The maximum Gasteiger partial charge on any atom is 0.307 e. The van der Waals surface area contributed by atoms with E-state index in [0.717, 1.165) is 36.9 Å². The molecule has 0 saturated carbocycles. The minimum absolute atomic E-state index is 0.0494. The average molecular weight is 207 g/mol. The molecule has 1 aromatic rings. The molecule has 15 heavy (non-hydrogen) atoms. The van der Waals surface area contributed by atoms with Crippen molar-refractivity contribution in [3.05, 3.63) is 33.2 Å². The van der Waals surface area contributed by atoms with Gasteiger partial charge >= 0.3 is 5.97 Å². The van der Waals surface area contributed by atoms with Crippen LogP contribution in [-0.2, 0) is 24.1 Å². The van der Waals surface area contributed by atoms with Crippen LogP contribution in [0, 0.1) is 0 Å². The lowest BCUT2D eigenvalue weighted by molar-refractivity contribution is -0.136. The Kier molecular flexibility index (Phi) is 2.58. The van der Waals surface area contributed by atoms with Crippen molar-refractivity contribution in [3.63, 3.8) is 0 Å². The minimum Gasteiger partial charge on any atom is -0.481 e. The summed E-state index contributed by atoms with van der Waals surface area (Å²) in [6, 6.07) is 1.41. The van der Waals surface area contributed by atoms with Crippen LogP contribution in [0.1, 0.15) is 29.7 Å². The molecular weight excluding hydrogens is 194 g/mol. The number of nitrogens with one attached hydrogen (secondary N) is 1. The summed E-state index contributed by atoms with van der Waals surface area (Å²) in [6.45, 7) is 0. The fourth-order valence-corrected chi connectivity index (χ4v) is 2.15. The number of aryl methyl sites for hydroxylation is 1. The first-order chi connectivity index (χ1) is 7.16. The lowest BCUT2D eigenvalue weighted by Gasteiger charge is -2.17. The van der Waals surface area contributed by atoms with Crippen LogP contribution in [0.15, 0.2) is 10.9 Å². The average Bonchev–Trinajstić information content (AvgIpc) is 2.16. The molecule has 0 fully saturated rings. The highest BCUT2D eigenvalue weighted by molar-refractivity contribution is 5.70. The quantitative estimate of drug-likeness (QED) is 0.756. The Morgan fingerprint density at radius 3 is 2.87 bits per heavy atom. The van der Waals surface area contributed by atoms with Gasteiger partial charge in [0.25, 0.3) is 0 Å². The highest BCUT2D eigenvalue weighted by Gasteiger charge is 2.16. The van der Waals surface area contributed by atoms with E-state index >= 15 is 0 Å². The van der Waals surface area contributed by atoms with Gasteiger partial charge in [-0.3, -0.25) is 9.59 Å². The SMILES string of the molecule is O=C(O)Cc1cc(=O)[nH]c2c1CCCC2. The summed E-state index contributed by atoms with van der Waals surface area (Å²) in [5, 5.41) is 8.75. The number of hydrogen-bond donors (Lipinski definition) is 2. The number of pyridine rings is 1. The van der Waals surface area contributed by atoms with Gasteiger partial charge in [0.2, 0.25) is 5.56 Å². The molecule has 0 unspecified atom stereocenters. The smallest absolute Gasteiger partial charge is 0.307 e. The van der Waals surface area contributed by atoms with Gasteiger partial charge in [-0.2, -0.15) is 0 Å². The van der Waals surface area contributed by atoms with Crippen LogP contribution in [0.4, 0.5) is 0 Å². The van der Waals surface area contributed by atoms with Gasteiger partial charge < -0.3 is 10.1 Å². The summed E-state index contributed by atoms with van der Waals surface area (Å²) >= 11 is 0. The standard InChI is InChI=1S/C11H13NO3/c13-10-5-7(6-11(14)15)8-3-1-2-4-9(8)12-10/h5H,1-4,6H2,(H,12,13)(H,14,15). The van der Waals surface area contributed by atoms with Crippen molar-refractivity contribution in [1.82, 2.24) is 4.98 Å². The Morgan fingerprint density at radius 1 is 1.40 bits per heavy atom. The molecule has 0 spiro atoms. The van der Waals surface area contributed by atoms with Gasteiger partial charge in [-0.1, -0.05) is 0 Å². The molecule has 80 valence electrons. The van der Waals surface area contributed by atoms with E-state index in [0.29, 0.717) is 5.56 Å². The van der Waals surface area contributed by atoms with E-state index in [2.05, 4.69) is 4.98 Å².